The van der Waals surface area contributed by atoms with Crippen LogP contribution in [0.25, 0.3) is 0 Å². The van der Waals surface area contributed by atoms with Gasteiger partial charge in [-0.05, 0) is 25.3 Å². The van der Waals surface area contributed by atoms with Crippen molar-refractivity contribution in [2.75, 3.05) is 13.2 Å². The summed E-state index contributed by atoms with van der Waals surface area (Å²) in [6.07, 6.45) is 15.3. The maximum atomic E-state index is 12.2. The number of carboxylic acid groups (broad SMARTS) is 1. The van der Waals surface area contributed by atoms with Gasteiger partial charge in [0, 0.05) is 6.61 Å². The summed E-state index contributed by atoms with van der Waals surface area (Å²) in [5.41, 5.74) is 5.39. The normalized spacial score (nSPS) is 14.7. The Labute approximate surface area is 181 Å². The number of carbonyl (C=O) groups is 2. The standard InChI is InChI=1S/C23H43NO6/c1-2-3-4-5-6-7-8-9-10-11-12-13-14-15-20(26)22(21(27)18-25)30-17-16-19(24)23(28)29/h14-15,19,21-22,25,27H,2-13,16-18,24H2,1H3,(H,28,29)/t19-,21?,22?/m0/s1. The number of rotatable bonds is 21. The number of carbonyl (C=O) groups excluding carboxylic acids is 1. The highest BCUT2D eigenvalue weighted by molar-refractivity contribution is 5.94. The summed E-state index contributed by atoms with van der Waals surface area (Å²) >= 11 is 0. The van der Waals surface area contributed by atoms with E-state index in [4.69, 9.17) is 20.7 Å². The zero-order valence-corrected chi connectivity index (χ0v) is 18.6. The molecule has 0 spiro atoms. The Hall–Kier alpha value is -1.28. The smallest absolute Gasteiger partial charge is 0.320 e. The van der Waals surface area contributed by atoms with Crippen molar-refractivity contribution in [1.82, 2.24) is 0 Å². The van der Waals surface area contributed by atoms with Crippen LogP contribution >= 0.6 is 0 Å². The maximum absolute atomic E-state index is 12.2. The van der Waals surface area contributed by atoms with Crippen molar-refractivity contribution in [3.05, 3.63) is 12.2 Å². The number of ketones is 1. The number of carboxylic acids is 1. The zero-order chi connectivity index (χ0) is 22.6. The van der Waals surface area contributed by atoms with Crippen LogP contribution < -0.4 is 5.73 Å². The van der Waals surface area contributed by atoms with E-state index in [1.54, 1.807) is 6.08 Å². The summed E-state index contributed by atoms with van der Waals surface area (Å²) < 4.78 is 5.29. The van der Waals surface area contributed by atoms with Crippen LogP contribution in [-0.2, 0) is 14.3 Å². The van der Waals surface area contributed by atoms with E-state index in [0.29, 0.717) is 0 Å². The first-order chi connectivity index (χ1) is 14.4. The lowest BCUT2D eigenvalue weighted by atomic mass is 10.0. The highest BCUT2D eigenvalue weighted by Crippen LogP contribution is 2.12. The Morgan fingerprint density at radius 3 is 2.00 bits per heavy atom. The van der Waals surface area contributed by atoms with E-state index in [0.717, 1.165) is 19.3 Å². The monoisotopic (exact) mass is 429 g/mol. The number of hydrogen-bond donors (Lipinski definition) is 4. The van der Waals surface area contributed by atoms with E-state index in [2.05, 4.69) is 6.92 Å². The minimum absolute atomic E-state index is 0.0136. The number of ether oxygens (including phenoxy) is 1. The second-order valence-corrected chi connectivity index (χ2v) is 7.90. The van der Waals surface area contributed by atoms with Crippen LogP contribution in [0, 0.1) is 0 Å². The molecule has 0 amide bonds. The molecule has 0 radical (unpaired) electrons. The lowest BCUT2D eigenvalue weighted by molar-refractivity contribution is -0.140. The minimum Gasteiger partial charge on any atom is -0.480 e. The van der Waals surface area contributed by atoms with Gasteiger partial charge < -0.3 is 25.8 Å². The number of unbranched alkanes of at least 4 members (excludes halogenated alkanes) is 11. The third kappa shape index (κ3) is 15.5. The Morgan fingerprint density at radius 1 is 0.967 bits per heavy atom. The molecular weight excluding hydrogens is 386 g/mol. The van der Waals surface area contributed by atoms with Gasteiger partial charge in [0.15, 0.2) is 5.78 Å². The SMILES string of the molecule is CCCCCCCCCCCCCC=CC(=O)C(OCC[C@H](N)C(=O)O)C(O)CO. The summed E-state index contributed by atoms with van der Waals surface area (Å²) in [5, 5.41) is 27.6. The number of hydrogen-bond acceptors (Lipinski definition) is 6. The van der Waals surface area contributed by atoms with Crippen LogP contribution in [-0.4, -0.2) is 58.5 Å². The van der Waals surface area contributed by atoms with E-state index in [9.17, 15) is 14.7 Å². The molecule has 0 fully saturated rings. The molecule has 0 bridgehead atoms. The van der Waals surface area contributed by atoms with Crippen LogP contribution in [0.2, 0.25) is 0 Å². The second-order valence-electron chi connectivity index (χ2n) is 7.90. The molecule has 0 aliphatic rings. The molecule has 0 aromatic carbocycles. The zero-order valence-electron chi connectivity index (χ0n) is 18.6. The van der Waals surface area contributed by atoms with Crippen molar-refractivity contribution < 1.29 is 29.6 Å². The van der Waals surface area contributed by atoms with Gasteiger partial charge in [-0.1, -0.05) is 77.2 Å². The van der Waals surface area contributed by atoms with Crippen molar-refractivity contribution in [2.24, 2.45) is 5.73 Å². The lowest BCUT2D eigenvalue weighted by Crippen LogP contribution is -2.39. The Bertz CT molecular complexity index is 469. The first kappa shape index (κ1) is 28.7. The highest BCUT2D eigenvalue weighted by atomic mass is 16.5. The molecule has 0 saturated carbocycles. The fourth-order valence-electron chi connectivity index (χ4n) is 3.14. The third-order valence-electron chi connectivity index (χ3n) is 5.12. The van der Waals surface area contributed by atoms with Crippen LogP contribution in [0.4, 0.5) is 0 Å². The topological polar surface area (TPSA) is 130 Å². The van der Waals surface area contributed by atoms with Crippen LogP contribution in [0.1, 0.15) is 90.4 Å². The van der Waals surface area contributed by atoms with Crippen molar-refractivity contribution in [3.63, 3.8) is 0 Å². The highest BCUT2D eigenvalue weighted by Gasteiger charge is 2.25. The second kappa shape index (κ2) is 19.7. The lowest BCUT2D eigenvalue weighted by Gasteiger charge is -2.20. The van der Waals surface area contributed by atoms with Gasteiger partial charge in [0.25, 0.3) is 0 Å². The number of aliphatic hydroxyl groups excluding tert-OH is 2. The summed E-state index contributed by atoms with van der Waals surface area (Å²) in [5.74, 6) is -1.60. The summed E-state index contributed by atoms with van der Waals surface area (Å²) in [7, 11) is 0. The number of nitrogens with two attached hydrogens (primary N) is 1. The van der Waals surface area contributed by atoms with Crippen molar-refractivity contribution in [1.29, 1.82) is 0 Å². The van der Waals surface area contributed by atoms with E-state index >= 15 is 0 Å². The molecular formula is C23H43NO6. The average molecular weight is 430 g/mol. The molecule has 7 nitrogen and oxygen atoms in total. The Morgan fingerprint density at radius 2 is 1.50 bits per heavy atom. The predicted molar refractivity (Wildman–Crippen MR) is 118 cm³/mol. The van der Waals surface area contributed by atoms with Gasteiger partial charge in [0.05, 0.1) is 6.61 Å². The molecule has 0 aliphatic carbocycles. The van der Waals surface area contributed by atoms with Gasteiger partial charge in [-0.25, -0.2) is 0 Å². The molecule has 0 aliphatic heterocycles. The van der Waals surface area contributed by atoms with Crippen molar-refractivity contribution in [3.8, 4) is 0 Å². The summed E-state index contributed by atoms with van der Waals surface area (Å²) in [6, 6.07) is -1.09. The quantitative estimate of drug-likeness (QED) is 0.163. The van der Waals surface area contributed by atoms with Crippen LogP contribution in [0.3, 0.4) is 0 Å². The predicted octanol–water partition coefficient (Wildman–Crippen LogP) is 3.35. The average Bonchev–Trinajstić information content (AvgIpc) is 2.73. The van der Waals surface area contributed by atoms with Gasteiger partial charge in [-0.15, -0.1) is 0 Å². The van der Waals surface area contributed by atoms with E-state index in [1.165, 1.54) is 63.9 Å². The van der Waals surface area contributed by atoms with Gasteiger partial charge >= 0.3 is 5.97 Å². The fourth-order valence-corrected chi connectivity index (χ4v) is 3.14. The van der Waals surface area contributed by atoms with Gasteiger partial charge in [-0.2, -0.15) is 0 Å². The Kier molecular flexibility index (Phi) is 18.8. The molecule has 2 unspecified atom stereocenters. The fraction of sp³-hybridized carbons (Fsp3) is 0.826. The Balaban J connectivity index is 3.93. The maximum Gasteiger partial charge on any atom is 0.320 e. The van der Waals surface area contributed by atoms with Gasteiger partial charge in [-0.3, -0.25) is 9.59 Å². The van der Waals surface area contributed by atoms with Gasteiger partial charge in [0.2, 0.25) is 0 Å². The molecule has 0 aromatic heterocycles. The van der Waals surface area contributed by atoms with Gasteiger partial charge in [0.1, 0.15) is 18.2 Å². The molecule has 3 atom stereocenters. The molecule has 7 heteroatoms. The van der Waals surface area contributed by atoms with Crippen LogP contribution in [0.5, 0.6) is 0 Å². The number of aliphatic carboxylic acids is 1. The molecule has 30 heavy (non-hydrogen) atoms. The first-order valence-electron chi connectivity index (χ1n) is 11.5. The molecule has 5 N–H and O–H groups in total. The number of aliphatic hydroxyl groups is 2. The first-order valence-corrected chi connectivity index (χ1v) is 11.5. The van der Waals surface area contributed by atoms with E-state index < -0.39 is 36.6 Å². The van der Waals surface area contributed by atoms with Crippen molar-refractivity contribution in [2.45, 2.75) is 109 Å². The molecule has 176 valence electrons. The summed E-state index contributed by atoms with van der Waals surface area (Å²) in [4.78, 5) is 22.9. The number of allylic oxidation sites excluding steroid dienone is 1. The molecule has 0 heterocycles. The summed E-state index contributed by atoms with van der Waals surface area (Å²) in [6.45, 7) is 1.53. The van der Waals surface area contributed by atoms with E-state index in [-0.39, 0.29) is 13.0 Å². The molecule has 0 aromatic rings. The molecule has 0 saturated heterocycles. The van der Waals surface area contributed by atoms with E-state index in [1.807, 2.05) is 0 Å². The largest absolute Gasteiger partial charge is 0.480 e. The third-order valence-corrected chi connectivity index (χ3v) is 5.12. The van der Waals surface area contributed by atoms with Crippen LogP contribution in [0.15, 0.2) is 12.2 Å². The molecule has 0 rings (SSSR count). The minimum atomic E-state index is -1.36. The van der Waals surface area contributed by atoms with Crippen molar-refractivity contribution >= 4 is 11.8 Å².